The molecule has 0 unspecified atom stereocenters. The molecule has 1 aromatic carbocycles. The predicted molar refractivity (Wildman–Crippen MR) is 121 cm³/mol. The molecule has 32 heavy (non-hydrogen) atoms. The molecule has 0 saturated heterocycles. The van der Waals surface area contributed by atoms with Crippen molar-refractivity contribution in [3.8, 4) is 11.6 Å². The molecule has 8 heteroatoms. The molecular weight excluding hydrogens is 404 g/mol. The van der Waals surface area contributed by atoms with Crippen LogP contribution in [0.5, 0.6) is 5.88 Å². The van der Waals surface area contributed by atoms with Crippen molar-refractivity contribution in [1.82, 2.24) is 19.5 Å². The van der Waals surface area contributed by atoms with E-state index < -0.39 is 0 Å². The first-order chi connectivity index (χ1) is 15.6. The number of nitrogens with two attached hydrogens (primary N) is 1. The Hall–Kier alpha value is -3.94. The summed E-state index contributed by atoms with van der Waals surface area (Å²) in [5.74, 6) is 0.627. The van der Waals surface area contributed by atoms with Crippen LogP contribution in [0.1, 0.15) is 40.4 Å². The van der Waals surface area contributed by atoms with Crippen LogP contribution < -0.4 is 15.4 Å². The van der Waals surface area contributed by atoms with E-state index >= 15 is 0 Å². The van der Waals surface area contributed by atoms with Gasteiger partial charge in [-0.15, -0.1) is 0 Å². The maximum absolute atomic E-state index is 13.4. The first-order valence-corrected chi connectivity index (χ1v) is 10.7. The van der Waals surface area contributed by atoms with Crippen molar-refractivity contribution in [3.63, 3.8) is 0 Å². The van der Waals surface area contributed by atoms with Gasteiger partial charge in [-0.25, -0.2) is 9.97 Å². The highest BCUT2D eigenvalue weighted by atomic mass is 16.5. The number of aryl methyl sites for hydroxylation is 1. The van der Waals surface area contributed by atoms with Gasteiger partial charge in [-0.2, -0.15) is 0 Å². The Morgan fingerprint density at radius 3 is 2.75 bits per heavy atom. The average Bonchev–Trinajstić information content (AvgIpc) is 3.57. The number of ether oxygens (including phenoxy) is 1. The molecule has 4 aromatic rings. The van der Waals surface area contributed by atoms with Crippen LogP contribution in [0.15, 0.2) is 49.1 Å². The summed E-state index contributed by atoms with van der Waals surface area (Å²) in [6, 6.07) is 10.4. The number of carbonyl (C=O) groups excluding carboxylic acids is 1. The van der Waals surface area contributed by atoms with Crippen molar-refractivity contribution in [2.24, 2.45) is 0 Å². The number of nitrogen functional groups attached to an aromatic ring is 1. The Labute approximate surface area is 184 Å². The van der Waals surface area contributed by atoms with E-state index in [4.69, 9.17) is 10.5 Å². The number of rotatable bonds is 3. The second-order valence-electron chi connectivity index (χ2n) is 8.33. The third-order valence-electron chi connectivity index (χ3n) is 6.15. The molecule has 1 saturated carbocycles. The van der Waals surface area contributed by atoms with E-state index in [0.717, 1.165) is 35.3 Å². The molecule has 3 aromatic heterocycles. The Bertz CT molecular complexity index is 1360. The third-order valence-corrected chi connectivity index (χ3v) is 6.15. The number of amides is 1. The van der Waals surface area contributed by atoms with Crippen LogP contribution in [0.3, 0.4) is 0 Å². The molecule has 1 aliphatic carbocycles. The van der Waals surface area contributed by atoms with Crippen LogP contribution in [0.2, 0.25) is 0 Å². The standard InChI is InChI=1S/C24H22N6O2/c1-14-2-5-17(12-26-14)29-7-6-16-10-18(11-19(21(16)29)15-3-4-15)30-8-9-32-23-20(24(30)31)22(25)27-13-28-23/h2,5-7,10-13,15H,3-4,8-9H2,1H3,(H2,25,27,28). The lowest BCUT2D eigenvalue weighted by molar-refractivity contribution is 0.0990. The lowest BCUT2D eigenvalue weighted by Gasteiger charge is -2.22. The maximum atomic E-state index is 13.4. The van der Waals surface area contributed by atoms with Gasteiger partial charge in [0.25, 0.3) is 5.91 Å². The molecule has 1 aliphatic heterocycles. The van der Waals surface area contributed by atoms with Crippen LogP contribution in [-0.2, 0) is 0 Å². The van der Waals surface area contributed by atoms with Crippen molar-refractivity contribution in [1.29, 1.82) is 0 Å². The molecule has 0 atom stereocenters. The minimum Gasteiger partial charge on any atom is -0.475 e. The molecular formula is C24H22N6O2. The van der Waals surface area contributed by atoms with Crippen molar-refractivity contribution >= 4 is 28.3 Å². The summed E-state index contributed by atoms with van der Waals surface area (Å²) >= 11 is 0. The summed E-state index contributed by atoms with van der Waals surface area (Å²) in [6.45, 7) is 2.73. The number of nitrogens with zero attached hydrogens (tertiary/aromatic N) is 5. The van der Waals surface area contributed by atoms with Crippen LogP contribution in [0.25, 0.3) is 16.6 Å². The summed E-state index contributed by atoms with van der Waals surface area (Å²) in [6.07, 6.45) is 7.58. The van der Waals surface area contributed by atoms with E-state index in [1.165, 1.54) is 17.4 Å². The minimum atomic E-state index is -0.237. The molecule has 1 fully saturated rings. The van der Waals surface area contributed by atoms with Crippen LogP contribution in [-0.4, -0.2) is 38.6 Å². The second kappa shape index (κ2) is 7.05. The first kappa shape index (κ1) is 18.8. The van der Waals surface area contributed by atoms with E-state index in [2.05, 4.69) is 50.0 Å². The normalized spacial score (nSPS) is 16.0. The number of benzene rings is 1. The number of anilines is 2. The van der Waals surface area contributed by atoms with E-state index in [1.54, 1.807) is 4.90 Å². The highest BCUT2D eigenvalue weighted by Crippen LogP contribution is 2.45. The molecule has 2 N–H and O–H groups in total. The molecule has 0 radical (unpaired) electrons. The largest absolute Gasteiger partial charge is 0.475 e. The number of hydrogen-bond donors (Lipinski definition) is 1. The smallest absolute Gasteiger partial charge is 0.267 e. The molecule has 0 bridgehead atoms. The zero-order valence-corrected chi connectivity index (χ0v) is 17.7. The molecule has 2 aliphatic rings. The van der Waals surface area contributed by atoms with Gasteiger partial charge >= 0.3 is 0 Å². The van der Waals surface area contributed by atoms with E-state index in [9.17, 15) is 4.79 Å². The Balaban J connectivity index is 1.49. The Morgan fingerprint density at radius 2 is 1.97 bits per heavy atom. The SMILES string of the molecule is Cc1ccc(-n2ccc3cc(N4CCOc5ncnc(N)c5C4=O)cc(C4CC4)c32)cn1. The fraction of sp³-hybridized carbons (Fsp3) is 0.250. The lowest BCUT2D eigenvalue weighted by Crippen LogP contribution is -2.32. The average molecular weight is 426 g/mol. The van der Waals surface area contributed by atoms with Gasteiger partial charge in [0, 0.05) is 23.0 Å². The van der Waals surface area contributed by atoms with Gasteiger partial charge in [-0.3, -0.25) is 9.78 Å². The summed E-state index contributed by atoms with van der Waals surface area (Å²) in [4.78, 5) is 27.7. The van der Waals surface area contributed by atoms with Gasteiger partial charge in [0.05, 0.1) is 23.9 Å². The van der Waals surface area contributed by atoms with Gasteiger partial charge in [-0.05, 0) is 61.6 Å². The fourth-order valence-corrected chi connectivity index (χ4v) is 4.39. The highest BCUT2D eigenvalue weighted by molar-refractivity contribution is 6.11. The predicted octanol–water partition coefficient (Wildman–Crippen LogP) is 3.62. The fourth-order valence-electron chi connectivity index (χ4n) is 4.39. The van der Waals surface area contributed by atoms with Gasteiger partial charge in [0.1, 0.15) is 24.3 Å². The van der Waals surface area contributed by atoms with Crippen molar-refractivity contribution in [2.45, 2.75) is 25.7 Å². The van der Waals surface area contributed by atoms with Crippen molar-refractivity contribution in [2.75, 3.05) is 23.8 Å². The van der Waals surface area contributed by atoms with Gasteiger partial charge < -0.3 is 19.9 Å². The number of aromatic nitrogens is 4. The summed E-state index contributed by atoms with van der Waals surface area (Å²) in [5, 5.41) is 1.08. The zero-order valence-electron chi connectivity index (χ0n) is 17.7. The number of hydrogen-bond acceptors (Lipinski definition) is 6. The maximum Gasteiger partial charge on any atom is 0.267 e. The molecule has 4 heterocycles. The summed E-state index contributed by atoms with van der Waals surface area (Å²) in [7, 11) is 0. The lowest BCUT2D eigenvalue weighted by atomic mass is 10.0. The Kier molecular flexibility index (Phi) is 4.14. The number of pyridine rings is 1. The highest BCUT2D eigenvalue weighted by Gasteiger charge is 2.32. The molecule has 6 rings (SSSR count). The monoisotopic (exact) mass is 426 g/mol. The first-order valence-electron chi connectivity index (χ1n) is 10.7. The van der Waals surface area contributed by atoms with Crippen LogP contribution >= 0.6 is 0 Å². The third kappa shape index (κ3) is 2.98. The zero-order chi connectivity index (χ0) is 21.8. The van der Waals surface area contributed by atoms with Crippen LogP contribution in [0.4, 0.5) is 11.5 Å². The Morgan fingerprint density at radius 1 is 1.09 bits per heavy atom. The van der Waals surface area contributed by atoms with Crippen LogP contribution in [0, 0.1) is 6.92 Å². The quantitative estimate of drug-likeness (QED) is 0.537. The van der Waals surface area contributed by atoms with Gasteiger partial charge in [0.15, 0.2) is 0 Å². The molecule has 0 spiro atoms. The summed E-state index contributed by atoms with van der Waals surface area (Å²) in [5.41, 5.74) is 11.5. The topological polar surface area (TPSA) is 99.2 Å². The van der Waals surface area contributed by atoms with Crippen molar-refractivity contribution < 1.29 is 9.53 Å². The second-order valence-corrected chi connectivity index (χ2v) is 8.33. The molecule has 1 amide bonds. The molecule has 8 nitrogen and oxygen atoms in total. The van der Waals surface area contributed by atoms with Gasteiger partial charge in [-0.1, -0.05) is 0 Å². The number of carbonyl (C=O) groups is 1. The van der Waals surface area contributed by atoms with Gasteiger partial charge in [0.2, 0.25) is 5.88 Å². The summed E-state index contributed by atoms with van der Waals surface area (Å²) < 4.78 is 7.88. The van der Waals surface area contributed by atoms with E-state index in [-0.39, 0.29) is 23.2 Å². The molecule has 160 valence electrons. The number of fused-ring (bicyclic) bond motifs is 2. The van der Waals surface area contributed by atoms with E-state index in [0.29, 0.717) is 19.1 Å². The van der Waals surface area contributed by atoms with E-state index in [1.807, 2.05) is 19.2 Å². The van der Waals surface area contributed by atoms with Crippen molar-refractivity contribution in [3.05, 3.63) is 65.9 Å². The minimum absolute atomic E-state index is 0.133.